The Kier molecular flexibility index (Phi) is 4.67. The van der Waals surface area contributed by atoms with Crippen molar-refractivity contribution in [1.29, 1.82) is 5.41 Å². The van der Waals surface area contributed by atoms with Gasteiger partial charge in [-0.05, 0) is 0 Å². The normalized spacial score (nSPS) is 47.3. The summed E-state index contributed by atoms with van der Waals surface area (Å²) in [5, 5.41) is 7.67. The van der Waals surface area contributed by atoms with E-state index < -0.39 is 0 Å². The first-order valence-electron chi connectivity index (χ1n) is 10.5. The SMILES string of the molecule is CC(=O)[C@H]1CC[C@H]2[C@@H]3CC=C4C[C@@H]([Se]C(=N)N)CC[C@]4(C)[C@H]3CC[C@]12C. The van der Waals surface area contributed by atoms with Crippen molar-refractivity contribution in [3.8, 4) is 0 Å². The molecule has 0 spiro atoms. The molecule has 0 aliphatic heterocycles. The Morgan fingerprint density at radius 2 is 1.96 bits per heavy atom. The molecule has 3 saturated carbocycles. The van der Waals surface area contributed by atoms with Crippen LogP contribution in [0.4, 0.5) is 0 Å². The van der Waals surface area contributed by atoms with Gasteiger partial charge in [0.2, 0.25) is 0 Å². The van der Waals surface area contributed by atoms with Crippen molar-refractivity contribution in [2.24, 2.45) is 40.2 Å². The van der Waals surface area contributed by atoms with Gasteiger partial charge in [0.15, 0.2) is 0 Å². The van der Waals surface area contributed by atoms with Gasteiger partial charge in [0.05, 0.1) is 0 Å². The molecule has 3 fully saturated rings. The van der Waals surface area contributed by atoms with Gasteiger partial charge in [0.25, 0.3) is 0 Å². The Hall–Kier alpha value is -0.601. The molecule has 0 aromatic rings. The average Bonchev–Trinajstić information content (AvgIpc) is 2.92. The summed E-state index contributed by atoms with van der Waals surface area (Å²) in [6.07, 6.45) is 12.4. The van der Waals surface area contributed by atoms with Gasteiger partial charge in [-0.2, -0.15) is 0 Å². The predicted molar refractivity (Wildman–Crippen MR) is 107 cm³/mol. The number of hydrogen-bond acceptors (Lipinski definition) is 2. The predicted octanol–water partition coefficient (Wildman–Crippen LogP) is 4.54. The van der Waals surface area contributed by atoms with E-state index in [4.69, 9.17) is 11.1 Å². The number of hydrogen-bond donors (Lipinski definition) is 2. The third-order valence-corrected chi connectivity index (χ3v) is 10.9. The van der Waals surface area contributed by atoms with E-state index in [-0.39, 0.29) is 20.4 Å². The van der Waals surface area contributed by atoms with Crippen LogP contribution in [0.25, 0.3) is 0 Å². The third-order valence-electron chi connectivity index (χ3n) is 8.84. The zero-order valence-corrected chi connectivity index (χ0v) is 18.2. The monoisotopic (exact) mass is 422 g/mol. The first-order chi connectivity index (χ1) is 12.3. The molecule has 0 unspecified atom stereocenters. The first kappa shape index (κ1) is 18.7. The molecule has 0 aromatic carbocycles. The minimum atomic E-state index is 0.171. The number of carbonyl (C=O) groups is 1. The summed E-state index contributed by atoms with van der Waals surface area (Å²) in [4.78, 5) is 12.9. The van der Waals surface area contributed by atoms with E-state index in [2.05, 4.69) is 19.9 Å². The minimum absolute atomic E-state index is 0.171. The van der Waals surface area contributed by atoms with Crippen molar-refractivity contribution in [3.63, 3.8) is 0 Å². The molecule has 0 radical (unpaired) electrons. The third kappa shape index (κ3) is 2.74. The molecule has 4 heteroatoms. The number of amidine groups is 1. The Bertz CT molecular complexity index is 659. The fourth-order valence-electron chi connectivity index (χ4n) is 7.58. The van der Waals surface area contributed by atoms with E-state index in [1.807, 2.05) is 6.92 Å². The van der Waals surface area contributed by atoms with Crippen LogP contribution in [0, 0.1) is 39.9 Å². The second-order valence-electron chi connectivity index (χ2n) is 9.89. The maximum atomic E-state index is 12.2. The zero-order valence-electron chi connectivity index (χ0n) is 16.5. The molecule has 4 aliphatic rings. The number of allylic oxidation sites excluding steroid dienone is 2. The number of nitrogens with one attached hydrogen (secondary N) is 1. The number of ketones is 1. The quantitative estimate of drug-likeness (QED) is 0.304. The van der Waals surface area contributed by atoms with Gasteiger partial charge in [-0.1, -0.05) is 0 Å². The van der Waals surface area contributed by atoms with E-state index in [1.165, 1.54) is 44.9 Å². The topological polar surface area (TPSA) is 66.9 Å². The number of rotatable bonds is 3. The van der Waals surface area contributed by atoms with Crippen LogP contribution in [-0.4, -0.2) is 25.5 Å². The summed E-state index contributed by atoms with van der Waals surface area (Å²) in [6.45, 7) is 6.79. The van der Waals surface area contributed by atoms with Crippen molar-refractivity contribution in [1.82, 2.24) is 0 Å². The molecular weight excluding hydrogens is 387 g/mol. The molecule has 3 N–H and O–H groups in total. The number of nitrogens with two attached hydrogens (primary N) is 1. The van der Waals surface area contributed by atoms with Gasteiger partial charge >= 0.3 is 165 Å². The molecule has 4 rings (SSSR count). The summed E-state index contributed by atoms with van der Waals surface area (Å²) in [6, 6.07) is 0. The van der Waals surface area contributed by atoms with Crippen LogP contribution >= 0.6 is 0 Å². The molecule has 7 atom stereocenters. The van der Waals surface area contributed by atoms with Crippen LogP contribution in [0.15, 0.2) is 11.6 Å². The molecule has 0 amide bonds. The molecule has 0 heterocycles. The first-order valence-corrected chi connectivity index (χ1v) is 12.3. The van der Waals surface area contributed by atoms with Crippen molar-refractivity contribution in [3.05, 3.63) is 11.6 Å². The van der Waals surface area contributed by atoms with Gasteiger partial charge in [-0.15, -0.1) is 0 Å². The Morgan fingerprint density at radius 3 is 2.65 bits per heavy atom. The van der Waals surface area contributed by atoms with Crippen LogP contribution < -0.4 is 5.73 Å². The van der Waals surface area contributed by atoms with Gasteiger partial charge in [-0.25, -0.2) is 0 Å². The molecule has 4 aliphatic carbocycles. The molecule has 26 heavy (non-hydrogen) atoms. The fraction of sp³-hybridized carbons (Fsp3) is 0.818. The molecule has 144 valence electrons. The van der Waals surface area contributed by atoms with Gasteiger partial charge in [0.1, 0.15) is 0 Å². The Labute approximate surface area is 164 Å². The molecule has 3 nitrogen and oxygen atoms in total. The van der Waals surface area contributed by atoms with E-state index in [1.54, 1.807) is 5.57 Å². The molecule has 0 bridgehead atoms. The summed E-state index contributed by atoms with van der Waals surface area (Å²) in [5.41, 5.74) is 8.00. The van der Waals surface area contributed by atoms with E-state index in [0.29, 0.717) is 26.7 Å². The summed E-state index contributed by atoms with van der Waals surface area (Å²) in [5.74, 6) is 3.06. The summed E-state index contributed by atoms with van der Waals surface area (Å²) < 4.78 is 0.412. The second kappa shape index (κ2) is 6.48. The molecule has 0 saturated heterocycles. The number of carbonyl (C=O) groups excluding carboxylic acids is 1. The van der Waals surface area contributed by atoms with Crippen LogP contribution in [0.3, 0.4) is 0 Å². The van der Waals surface area contributed by atoms with Crippen molar-refractivity contribution >= 4 is 25.5 Å². The Balaban J connectivity index is 1.59. The number of Topliss-reactive ketones (excluding diaryl/α,β-unsaturated/α-hetero) is 1. The van der Waals surface area contributed by atoms with Crippen LogP contribution in [0.2, 0.25) is 4.82 Å². The van der Waals surface area contributed by atoms with Crippen LogP contribution in [0.5, 0.6) is 0 Å². The summed E-state index contributed by atoms with van der Waals surface area (Å²) >= 11 is 0.171. The summed E-state index contributed by atoms with van der Waals surface area (Å²) in [7, 11) is 0. The molecule has 0 aromatic heterocycles. The molecular formula is C22H34N2OSe. The average molecular weight is 421 g/mol. The van der Waals surface area contributed by atoms with Gasteiger partial charge in [-0.3, -0.25) is 0 Å². The second-order valence-corrected chi connectivity index (χ2v) is 12.7. The zero-order chi connectivity index (χ0) is 18.7. The van der Waals surface area contributed by atoms with Crippen molar-refractivity contribution in [2.45, 2.75) is 77.0 Å². The van der Waals surface area contributed by atoms with E-state index >= 15 is 0 Å². The van der Waals surface area contributed by atoms with E-state index in [0.717, 1.165) is 24.2 Å². The fourth-order valence-corrected chi connectivity index (χ4v) is 9.37. The van der Waals surface area contributed by atoms with Crippen molar-refractivity contribution < 1.29 is 4.79 Å². The van der Waals surface area contributed by atoms with Crippen LogP contribution in [0.1, 0.15) is 72.1 Å². The number of fused-ring (bicyclic) bond motifs is 5. The van der Waals surface area contributed by atoms with Gasteiger partial charge < -0.3 is 0 Å². The van der Waals surface area contributed by atoms with E-state index in [9.17, 15) is 4.79 Å². The van der Waals surface area contributed by atoms with Crippen molar-refractivity contribution in [2.75, 3.05) is 0 Å². The van der Waals surface area contributed by atoms with Crippen LogP contribution in [-0.2, 0) is 4.79 Å². The van der Waals surface area contributed by atoms with Gasteiger partial charge in [0, 0.05) is 0 Å². The standard InChI is InChI=1S/C22H34N2OSe/c1-13(25)17-6-7-18-16-5-4-14-12-15(26-20(23)24)8-10-21(14,2)19(16)9-11-22(17,18)3/h4,15-19H,5-12H2,1-3H3,(H3,23,24)/t15-,16-,17+,18-,19-,21-,22+/m0/s1. The Morgan fingerprint density at radius 1 is 1.19 bits per heavy atom. The maximum absolute atomic E-state index is 12.2.